The Morgan fingerprint density at radius 1 is 1.07 bits per heavy atom. The summed E-state index contributed by atoms with van der Waals surface area (Å²) in [5, 5.41) is 5.82. The highest BCUT2D eigenvalue weighted by molar-refractivity contribution is 5.75. The molecule has 0 unspecified atom stereocenters. The predicted molar refractivity (Wildman–Crippen MR) is 110 cm³/mol. The molecular formula is C21H27N5O. The van der Waals surface area contributed by atoms with Gasteiger partial charge in [0.2, 0.25) is 0 Å². The van der Waals surface area contributed by atoms with Gasteiger partial charge in [-0.05, 0) is 37.6 Å². The van der Waals surface area contributed by atoms with Crippen molar-refractivity contribution in [3.05, 3.63) is 59.9 Å². The number of fused-ring (bicyclic) bond motifs is 1. The Bertz CT molecular complexity index is 856. The van der Waals surface area contributed by atoms with Gasteiger partial charge in [0.05, 0.1) is 11.0 Å². The van der Waals surface area contributed by atoms with E-state index in [4.69, 9.17) is 0 Å². The summed E-state index contributed by atoms with van der Waals surface area (Å²) >= 11 is 0. The molecule has 0 saturated heterocycles. The van der Waals surface area contributed by atoms with Gasteiger partial charge in [0.25, 0.3) is 0 Å². The molecule has 2 aromatic carbocycles. The molecule has 0 saturated carbocycles. The number of hydrogen-bond donors (Lipinski definition) is 3. The number of H-pyrrole nitrogens is 1. The second-order valence-electron chi connectivity index (χ2n) is 6.50. The third-order valence-corrected chi connectivity index (χ3v) is 4.59. The third-order valence-electron chi connectivity index (χ3n) is 4.59. The highest BCUT2D eigenvalue weighted by Crippen LogP contribution is 2.18. The predicted octanol–water partition coefficient (Wildman–Crippen LogP) is 3.24. The van der Waals surface area contributed by atoms with Crippen molar-refractivity contribution in [2.24, 2.45) is 0 Å². The number of aryl methyl sites for hydroxylation is 1. The highest BCUT2D eigenvalue weighted by atomic mass is 16.2. The third kappa shape index (κ3) is 5.00. The molecule has 0 aliphatic carbocycles. The van der Waals surface area contributed by atoms with Crippen molar-refractivity contribution in [1.29, 1.82) is 0 Å². The van der Waals surface area contributed by atoms with E-state index in [-0.39, 0.29) is 6.03 Å². The normalized spacial score (nSPS) is 10.7. The van der Waals surface area contributed by atoms with Crippen LogP contribution in [0.3, 0.4) is 0 Å². The number of nitrogens with zero attached hydrogens (tertiary/aromatic N) is 2. The summed E-state index contributed by atoms with van der Waals surface area (Å²) in [4.78, 5) is 22.1. The van der Waals surface area contributed by atoms with Crippen LogP contribution >= 0.6 is 0 Å². The summed E-state index contributed by atoms with van der Waals surface area (Å²) in [6.07, 6.45) is 0.673. The molecule has 0 aliphatic heterocycles. The number of nitrogens with one attached hydrogen (secondary N) is 3. The van der Waals surface area contributed by atoms with Crippen molar-refractivity contribution >= 4 is 22.8 Å². The number of amides is 2. The number of imidazole rings is 1. The molecular weight excluding hydrogens is 338 g/mol. The lowest BCUT2D eigenvalue weighted by molar-refractivity contribution is 0.241. The molecule has 6 nitrogen and oxygen atoms in total. The van der Waals surface area contributed by atoms with Crippen LogP contribution in [0.25, 0.3) is 11.0 Å². The molecule has 142 valence electrons. The van der Waals surface area contributed by atoms with Crippen LogP contribution in [-0.4, -0.2) is 42.2 Å². The van der Waals surface area contributed by atoms with Gasteiger partial charge in [0.1, 0.15) is 5.82 Å². The first-order chi connectivity index (χ1) is 13.2. The van der Waals surface area contributed by atoms with Crippen LogP contribution in [0, 0.1) is 6.92 Å². The van der Waals surface area contributed by atoms with E-state index in [9.17, 15) is 4.79 Å². The van der Waals surface area contributed by atoms with E-state index in [0.717, 1.165) is 29.9 Å². The summed E-state index contributed by atoms with van der Waals surface area (Å²) in [5.74, 6) is 0.883. The second-order valence-corrected chi connectivity index (χ2v) is 6.50. The summed E-state index contributed by atoms with van der Waals surface area (Å²) in [5.41, 5.74) is 4.43. The average Bonchev–Trinajstić information content (AvgIpc) is 3.09. The van der Waals surface area contributed by atoms with E-state index in [2.05, 4.69) is 51.5 Å². The fourth-order valence-electron chi connectivity index (χ4n) is 3.15. The van der Waals surface area contributed by atoms with Gasteiger partial charge in [0, 0.05) is 38.3 Å². The first-order valence-electron chi connectivity index (χ1n) is 9.43. The van der Waals surface area contributed by atoms with Crippen LogP contribution in [0.15, 0.2) is 48.5 Å². The zero-order valence-electron chi connectivity index (χ0n) is 16.0. The van der Waals surface area contributed by atoms with Crippen LogP contribution in [0.4, 0.5) is 10.5 Å². The van der Waals surface area contributed by atoms with Crippen LogP contribution < -0.4 is 15.5 Å². The van der Waals surface area contributed by atoms with Gasteiger partial charge in [-0.1, -0.05) is 30.3 Å². The number of carbonyl (C=O) groups is 1. The van der Waals surface area contributed by atoms with Crippen molar-refractivity contribution in [2.45, 2.75) is 20.3 Å². The standard InChI is InChI=1S/C21H27N5O/c1-3-26(19-11-7-4-8-16(19)2)15-14-23-21(27)22-13-12-20-24-17-9-5-6-10-18(17)25-20/h4-11H,3,12-15H2,1-2H3,(H,24,25)(H2,22,23,27). The molecule has 1 aromatic heterocycles. The highest BCUT2D eigenvalue weighted by Gasteiger charge is 2.08. The summed E-state index contributed by atoms with van der Waals surface area (Å²) in [7, 11) is 0. The largest absolute Gasteiger partial charge is 0.370 e. The van der Waals surface area contributed by atoms with E-state index in [1.165, 1.54) is 11.3 Å². The number of urea groups is 1. The number of rotatable bonds is 8. The van der Waals surface area contributed by atoms with Crippen molar-refractivity contribution in [2.75, 3.05) is 31.1 Å². The van der Waals surface area contributed by atoms with Gasteiger partial charge >= 0.3 is 6.03 Å². The molecule has 0 aliphatic rings. The fraction of sp³-hybridized carbons (Fsp3) is 0.333. The molecule has 6 heteroatoms. The van der Waals surface area contributed by atoms with Gasteiger partial charge in [-0.2, -0.15) is 0 Å². The van der Waals surface area contributed by atoms with E-state index < -0.39 is 0 Å². The number of hydrogen-bond acceptors (Lipinski definition) is 3. The number of benzene rings is 2. The molecule has 0 bridgehead atoms. The van der Waals surface area contributed by atoms with Gasteiger partial charge in [-0.25, -0.2) is 9.78 Å². The SMILES string of the molecule is CCN(CCNC(=O)NCCc1nc2ccccc2[nH]1)c1ccccc1C. The van der Waals surface area contributed by atoms with Crippen molar-refractivity contribution < 1.29 is 4.79 Å². The van der Waals surface area contributed by atoms with Gasteiger partial charge in [0.15, 0.2) is 0 Å². The van der Waals surface area contributed by atoms with E-state index >= 15 is 0 Å². The molecule has 0 atom stereocenters. The molecule has 3 rings (SSSR count). The number of aromatic nitrogens is 2. The Hall–Kier alpha value is -3.02. The van der Waals surface area contributed by atoms with Crippen molar-refractivity contribution in [3.8, 4) is 0 Å². The Kier molecular flexibility index (Phi) is 6.30. The topological polar surface area (TPSA) is 73.1 Å². The van der Waals surface area contributed by atoms with E-state index in [1.54, 1.807) is 0 Å². The average molecular weight is 365 g/mol. The number of para-hydroxylation sites is 3. The minimum atomic E-state index is -0.146. The van der Waals surface area contributed by atoms with Crippen molar-refractivity contribution in [1.82, 2.24) is 20.6 Å². The monoisotopic (exact) mass is 365 g/mol. The number of aromatic amines is 1. The first kappa shape index (κ1) is 18.8. The van der Waals surface area contributed by atoms with Gasteiger partial charge in [-0.15, -0.1) is 0 Å². The van der Waals surface area contributed by atoms with Gasteiger partial charge in [-0.3, -0.25) is 0 Å². The zero-order valence-corrected chi connectivity index (χ0v) is 16.0. The van der Waals surface area contributed by atoms with Crippen molar-refractivity contribution in [3.63, 3.8) is 0 Å². The summed E-state index contributed by atoms with van der Waals surface area (Å²) < 4.78 is 0. The van der Waals surface area contributed by atoms with Crippen LogP contribution in [-0.2, 0) is 6.42 Å². The smallest absolute Gasteiger partial charge is 0.314 e. The molecule has 0 fully saturated rings. The lowest BCUT2D eigenvalue weighted by Gasteiger charge is -2.25. The van der Waals surface area contributed by atoms with E-state index in [1.807, 2.05) is 36.4 Å². The van der Waals surface area contributed by atoms with Crippen LogP contribution in [0.2, 0.25) is 0 Å². The lowest BCUT2D eigenvalue weighted by atomic mass is 10.2. The van der Waals surface area contributed by atoms with E-state index in [0.29, 0.717) is 19.5 Å². The minimum Gasteiger partial charge on any atom is -0.370 e. The molecule has 0 spiro atoms. The van der Waals surface area contributed by atoms with Crippen LogP contribution in [0.5, 0.6) is 0 Å². The molecule has 1 heterocycles. The molecule has 2 amide bonds. The number of anilines is 1. The first-order valence-corrected chi connectivity index (χ1v) is 9.43. The summed E-state index contributed by atoms with van der Waals surface area (Å²) in [6.45, 7) is 7.05. The maximum Gasteiger partial charge on any atom is 0.314 e. The van der Waals surface area contributed by atoms with Gasteiger partial charge < -0.3 is 20.5 Å². The number of likely N-dealkylation sites (N-methyl/N-ethyl adjacent to an activating group) is 1. The summed E-state index contributed by atoms with van der Waals surface area (Å²) in [6, 6.07) is 16.1. The Balaban J connectivity index is 1.39. The Morgan fingerprint density at radius 2 is 1.81 bits per heavy atom. The molecule has 3 N–H and O–H groups in total. The molecule has 3 aromatic rings. The lowest BCUT2D eigenvalue weighted by Crippen LogP contribution is -2.41. The quantitative estimate of drug-likeness (QED) is 0.574. The maximum atomic E-state index is 12.0. The zero-order chi connectivity index (χ0) is 19.1. The fourth-order valence-corrected chi connectivity index (χ4v) is 3.15. The van der Waals surface area contributed by atoms with Crippen LogP contribution in [0.1, 0.15) is 18.3 Å². The molecule has 27 heavy (non-hydrogen) atoms. The second kappa shape index (κ2) is 9.07. The Morgan fingerprint density at radius 3 is 2.59 bits per heavy atom. The molecule has 0 radical (unpaired) electrons. The maximum absolute atomic E-state index is 12.0. The minimum absolute atomic E-state index is 0.146. The Labute approximate surface area is 160 Å². The number of carbonyl (C=O) groups excluding carboxylic acids is 1.